The van der Waals surface area contributed by atoms with Crippen molar-refractivity contribution in [1.29, 1.82) is 0 Å². The van der Waals surface area contributed by atoms with E-state index in [4.69, 9.17) is 9.84 Å². The average Bonchev–Trinajstić information content (AvgIpc) is 2.51. The van der Waals surface area contributed by atoms with Crippen molar-refractivity contribution in [1.82, 2.24) is 0 Å². The van der Waals surface area contributed by atoms with E-state index in [1.165, 1.54) is 0 Å². The number of carboxylic acids is 1. The predicted octanol–water partition coefficient (Wildman–Crippen LogP) is 2.06. The Hall–Kier alpha value is -0.570. The second-order valence-electron chi connectivity index (χ2n) is 3.92. The van der Waals surface area contributed by atoms with Crippen molar-refractivity contribution in [2.45, 2.75) is 45.1 Å². The van der Waals surface area contributed by atoms with Crippen molar-refractivity contribution in [3.8, 4) is 0 Å². The fourth-order valence-electron chi connectivity index (χ4n) is 1.74. The zero-order chi connectivity index (χ0) is 9.68. The van der Waals surface area contributed by atoms with Crippen LogP contribution in [0.15, 0.2) is 0 Å². The van der Waals surface area contributed by atoms with Gasteiger partial charge in [0.15, 0.2) is 0 Å². The van der Waals surface area contributed by atoms with E-state index in [0.29, 0.717) is 6.10 Å². The summed E-state index contributed by atoms with van der Waals surface area (Å²) in [5.74, 6) is -0.415. The number of hydrogen-bond donors (Lipinski definition) is 1. The second kappa shape index (κ2) is 5.22. The fraction of sp³-hybridized carbons (Fsp3) is 0.900. The second-order valence-corrected chi connectivity index (χ2v) is 3.92. The van der Waals surface area contributed by atoms with Gasteiger partial charge in [-0.3, -0.25) is 4.79 Å². The zero-order valence-corrected chi connectivity index (χ0v) is 8.16. The molecule has 0 radical (unpaired) electrons. The summed E-state index contributed by atoms with van der Waals surface area (Å²) in [5, 5.41) is 8.54. The molecule has 1 saturated heterocycles. The topological polar surface area (TPSA) is 46.5 Å². The third-order valence-electron chi connectivity index (χ3n) is 2.53. The highest BCUT2D eigenvalue weighted by Crippen LogP contribution is 2.20. The summed E-state index contributed by atoms with van der Waals surface area (Å²) in [6.45, 7) is 2.88. The highest BCUT2D eigenvalue weighted by atomic mass is 16.5. The molecule has 0 aromatic heterocycles. The summed E-state index contributed by atoms with van der Waals surface area (Å²) in [5.41, 5.74) is 0. The number of ether oxygens (including phenoxy) is 1. The molecule has 3 heteroatoms. The lowest BCUT2D eigenvalue weighted by molar-refractivity contribution is -0.138. The SMILES string of the molecule is CC(CCC1CCCO1)CC(=O)O. The van der Waals surface area contributed by atoms with Gasteiger partial charge in [-0.15, -0.1) is 0 Å². The molecule has 1 fully saturated rings. The standard InChI is InChI=1S/C10H18O3/c1-8(7-10(11)12)4-5-9-3-2-6-13-9/h8-9H,2-7H2,1H3,(H,11,12). The molecule has 2 atom stereocenters. The Morgan fingerprint density at radius 1 is 1.69 bits per heavy atom. The Bertz CT molecular complexity index is 162. The first-order valence-corrected chi connectivity index (χ1v) is 5.02. The van der Waals surface area contributed by atoms with E-state index in [2.05, 4.69) is 0 Å². The first kappa shape index (κ1) is 10.5. The summed E-state index contributed by atoms with van der Waals surface area (Å²) in [6.07, 6.45) is 4.99. The smallest absolute Gasteiger partial charge is 0.303 e. The van der Waals surface area contributed by atoms with Crippen LogP contribution < -0.4 is 0 Å². The van der Waals surface area contributed by atoms with Crippen LogP contribution in [0.1, 0.15) is 39.0 Å². The van der Waals surface area contributed by atoms with Crippen LogP contribution in [0.4, 0.5) is 0 Å². The molecule has 3 nitrogen and oxygen atoms in total. The number of carbonyl (C=O) groups is 1. The van der Waals surface area contributed by atoms with Crippen LogP contribution in [0.5, 0.6) is 0 Å². The molecule has 1 heterocycles. The van der Waals surface area contributed by atoms with Crippen molar-refractivity contribution in [2.24, 2.45) is 5.92 Å². The lowest BCUT2D eigenvalue weighted by atomic mass is 9.99. The molecule has 0 aromatic carbocycles. The van der Waals surface area contributed by atoms with Gasteiger partial charge in [-0.1, -0.05) is 6.92 Å². The largest absolute Gasteiger partial charge is 0.481 e. The van der Waals surface area contributed by atoms with Gasteiger partial charge in [-0.05, 0) is 31.6 Å². The van der Waals surface area contributed by atoms with Crippen LogP contribution >= 0.6 is 0 Å². The molecule has 1 aliphatic heterocycles. The van der Waals surface area contributed by atoms with Gasteiger partial charge in [0, 0.05) is 13.0 Å². The van der Waals surface area contributed by atoms with Crippen LogP contribution in [0.2, 0.25) is 0 Å². The summed E-state index contributed by atoms with van der Waals surface area (Å²) >= 11 is 0. The molecule has 1 N–H and O–H groups in total. The quantitative estimate of drug-likeness (QED) is 0.714. The Kier molecular flexibility index (Phi) is 4.22. The molecule has 0 spiro atoms. The summed E-state index contributed by atoms with van der Waals surface area (Å²) in [4.78, 5) is 10.4. The van der Waals surface area contributed by atoms with Gasteiger partial charge in [0.25, 0.3) is 0 Å². The van der Waals surface area contributed by atoms with Gasteiger partial charge in [0.1, 0.15) is 0 Å². The first-order valence-electron chi connectivity index (χ1n) is 5.02. The van der Waals surface area contributed by atoms with Crippen LogP contribution in [-0.4, -0.2) is 23.8 Å². The monoisotopic (exact) mass is 186 g/mol. The maximum atomic E-state index is 10.4. The molecule has 13 heavy (non-hydrogen) atoms. The predicted molar refractivity (Wildman–Crippen MR) is 49.6 cm³/mol. The number of hydrogen-bond acceptors (Lipinski definition) is 2. The van der Waals surface area contributed by atoms with Gasteiger partial charge in [0.05, 0.1) is 6.10 Å². The van der Waals surface area contributed by atoms with Crippen molar-refractivity contribution in [3.05, 3.63) is 0 Å². The summed E-state index contributed by atoms with van der Waals surface area (Å²) in [6, 6.07) is 0. The summed E-state index contributed by atoms with van der Waals surface area (Å²) < 4.78 is 5.46. The molecule has 0 aromatic rings. The fourth-order valence-corrected chi connectivity index (χ4v) is 1.74. The van der Waals surface area contributed by atoms with E-state index in [1.54, 1.807) is 0 Å². The molecule has 1 rings (SSSR count). The number of carboxylic acid groups (broad SMARTS) is 1. The highest BCUT2D eigenvalue weighted by Gasteiger charge is 2.17. The molecule has 1 aliphatic rings. The summed E-state index contributed by atoms with van der Waals surface area (Å²) in [7, 11) is 0. The Labute approximate surface area is 79.1 Å². The lowest BCUT2D eigenvalue weighted by Gasteiger charge is -2.12. The molecular weight excluding hydrogens is 168 g/mol. The molecule has 2 unspecified atom stereocenters. The minimum absolute atomic E-state index is 0.279. The van der Waals surface area contributed by atoms with Crippen LogP contribution in [0.25, 0.3) is 0 Å². The lowest BCUT2D eigenvalue weighted by Crippen LogP contribution is -2.10. The molecular formula is C10H18O3. The minimum atomic E-state index is -0.695. The minimum Gasteiger partial charge on any atom is -0.481 e. The Morgan fingerprint density at radius 3 is 3.00 bits per heavy atom. The van der Waals surface area contributed by atoms with Crippen molar-refractivity contribution < 1.29 is 14.6 Å². The van der Waals surface area contributed by atoms with Crippen LogP contribution in [-0.2, 0) is 9.53 Å². The van der Waals surface area contributed by atoms with Gasteiger partial charge in [-0.25, -0.2) is 0 Å². The van der Waals surface area contributed by atoms with E-state index in [9.17, 15) is 4.79 Å². The van der Waals surface area contributed by atoms with Crippen LogP contribution in [0.3, 0.4) is 0 Å². The maximum Gasteiger partial charge on any atom is 0.303 e. The van der Waals surface area contributed by atoms with Crippen molar-refractivity contribution in [2.75, 3.05) is 6.61 Å². The third kappa shape index (κ3) is 4.27. The average molecular weight is 186 g/mol. The van der Waals surface area contributed by atoms with Gasteiger partial charge in [0.2, 0.25) is 0 Å². The Morgan fingerprint density at radius 2 is 2.46 bits per heavy atom. The van der Waals surface area contributed by atoms with Gasteiger partial charge in [-0.2, -0.15) is 0 Å². The Balaban J connectivity index is 2.06. The zero-order valence-electron chi connectivity index (χ0n) is 8.16. The highest BCUT2D eigenvalue weighted by molar-refractivity contribution is 5.66. The molecule has 0 saturated carbocycles. The number of rotatable bonds is 5. The van der Waals surface area contributed by atoms with Crippen molar-refractivity contribution >= 4 is 5.97 Å². The van der Waals surface area contributed by atoms with E-state index in [0.717, 1.165) is 32.3 Å². The molecule has 0 aliphatic carbocycles. The van der Waals surface area contributed by atoms with Crippen LogP contribution in [0, 0.1) is 5.92 Å². The van der Waals surface area contributed by atoms with Gasteiger partial charge < -0.3 is 9.84 Å². The van der Waals surface area contributed by atoms with Gasteiger partial charge >= 0.3 is 5.97 Å². The number of aliphatic carboxylic acids is 1. The van der Waals surface area contributed by atoms with Crippen molar-refractivity contribution in [3.63, 3.8) is 0 Å². The maximum absolute atomic E-state index is 10.4. The molecule has 0 amide bonds. The molecule has 0 bridgehead atoms. The normalized spacial score (nSPS) is 24.5. The van der Waals surface area contributed by atoms with E-state index in [1.807, 2.05) is 6.92 Å². The third-order valence-corrected chi connectivity index (χ3v) is 2.53. The molecule has 76 valence electrons. The van der Waals surface area contributed by atoms with E-state index >= 15 is 0 Å². The van der Waals surface area contributed by atoms with E-state index in [-0.39, 0.29) is 12.3 Å². The first-order chi connectivity index (χ1) is 6.18. The van der Waals surface area contributed by atoms with E-state index < -0.39 is 5.97 Å².